The number of amides is 1. The highest BCUT2D eigenvalue weighted by atomic mass is 35.5. The second-order valence-corrected chi connectivity index (χ2v) is 3.17. The molecule has 0 atom stereocenters. The summed E-state index contributed by atoms with van der Waals surface area (Å²) in [6.45, 7) is 0. The SMILES string of the molecule is O=C(O)Nc1cc(Cl)c(Cl)c(Cl)n1. The minimum absolute atomic E-state index is 0.0342. The van der Waals surface area contributed by atoms with Crippen molar-refractivity contribution in [1.29, 1.82) is 0 Å². The monoisotopic (exact) mass is 240 g/mol. The van der Waals surface area contributed by atoms with Crippen LogP contribution in [-0.2, 0) is 0 Å². The van der Waals surface area contributed by atoms with Gasteiger partial charge in [0.15, 0.2) is 5.15 Å². The maximum absolute atomic E-state index is 10.2. The molecule has 0 aliphatic heterocycles. The molecule has 0 unspecified atom stereocenters. The molecule has 2 N–H and O–H groups in total. The van der Waals surface area contributed by atoms with Gasteiger partial charge in [0.25, 0.3) is 0 Å². The first-order valence-electron chi connectivity index (χ1n) is 3.02. The number of rotatable bonds is 1. The third-order valence-electron chi connectivity index (χ3n) is 1.11. The van der Waals surface area contributed by atoms with Crippen molar-refractivity contribution in [2.75, 3.05) is 5.32 Å². The Hall–Kier alpha value is -0.710. The summed E-state index contributed by atoms with van der Waals surface area (Å²) in [6.07, 6.45) is -1.25. The second-order valence-electron chi connectivity index (χ2n) is 2.02. The third-order valence-corrected chi connectivity index (χ3v) is 2.26. The smallest absolute Gasteiger partial charge is 0.410 e. The van der Waals surface area contributed by atoms with Crippen LogP contribution in [-0.4, -0.2) is 16.2 Å². The van der Waals surface area contributed by atoms with E-state index in [4.69, 9.17) is 39.9 Å². The van der Waals surface area contributed by atoms with E-state index in [0.717, 1.165) is 0 Å². The van der Waals surface area contributed by atoms with Crippen LogP contribution in [0.2, 0.25) is 15.2 Å². The molecule has 0 aromatic carbocycles. The fourth-order valence-electron chi connectivity index (χ4n) is 0.643. The normalized spacial score (nSPS) is 9.77. The molecule has 1 heterocycles. The van der Waals surface area contributed by atoms with Gasteiger partial charge in [-0.05, 0) is 0 Å². The Labute approximate surface area is 88.4 Å². The van der Waals surface area contributed by atoms with Crippen molar-refractivity contribution in [1.82, 2.24) is 4.98 Å². The van der Waals surface area contributed by atoms with Crippen LogP contribution in [0.4, 0.5) is 10.6 Å². The molecule has 0 spiro atoms. The van der Waals surface area contributed by atoms with Crippen LogP contribution in [0.5, 0.6) is 0 Å². The Balaban J connectivity index is 3.06. The first-order valence-corrected chi connectivity index (χ1v) is 4.15. The molecule has 1 aromatic heterocycles. The zero-order valence-electron chi connectivity index (χ0n) is 6.01. The lowest BCUT2D eigenvalue weighted by Gasteiger charge is -2.02. The van der Waals surface area contributed by atoms with Gasteiger partial charge >= 0.3 is 6.09 Å². The highest BCUT2D eigenvalue weighted by molar-refractivity contribution is 6.47. The number of hydrogen-bond donors (Lipinski definition) is 2. The maximum atomic E-state index is 10.2. The van der Waals surface area contributed by atoms with Gasteiger partial charge < -0.3 is 5.11 Å². The first kappa shape index (κ1) is 10.4. The summed E-state index contributed by atoms with van der Waals surface area (Å²) >= 11 is 16.7. The Morgan fingerprint density at radius 3 is 2.54 bits per heavy atom. The number of pyridine rings is 1. The molecule has 7 heteroatoms. The van der Waals surface area contributed by atoms with Gasteiger partial charge in [-0.15, -0.1) is 0 Å². The average molecular weight is 241 g/mol. The summed E-state index contributed by atoms with van der Waals surface area (Å²) in [5.74, 6) is 0.0342. The van der Waals surface area contributed by atoms with E-state index in [1.165, 1.54) is 6.07 Å². The molecule has 1 aromatic rings. The fourth-order valence-corrected chi connectivity index (χ4v) is 1.17. The van der Waals surface area contributed by atoms with Gasteiger partial charge in [0, 0.05) is 6.07 Å². The molecule has 0 aliphatic carbocycles. The molecular weight excluding hydrogens is 238 g/mol. The molecule has 0 saturated heterocycles. The number of nitrogens with zero attached hydrogens (tertiary/aromatic N) is 1. The molecule has 70 valence electrons. The first-order chi connectivity index (χ1) is 6.00. The van der Waals surface area contributed by atoms with Crippen LogP contribution >= 0.6 is 34.8 Å². The van der Waals surface area contributed by atoms with Crippen molar-refractivity contribution in [3.8, 4) is 0 Å². The topological polar surface area (TPSA) is 62.2 Å². The van der Waals surface area contributed by atoms with Crippen molar-refractivity contribution in [3.05, 3.63) is 21.3 Å². The summed E-state index contributed by atoms with van der Waals surface area (Å²) in [5.41, 5.74) is 0. The molecule has 13 heavy (non-hydrogen) atoms. The predicted molar refractivity (Wildman–Crippen MR) is 50.9 cm³/mol. The van der Waals surface area contributed by atoms with Crippen molar-refractivity contribution < 1.29 is 9.90 Å². The molecule has 0 radical (unpaired) electrons. The van der Waals surface area contributed by atoms with Crippen molar-refractivity contribution >= 4 is 46.7 Å². The lowest BCUT2D eigenvalue weighted by atomic mass is 10.4. The van der Waals surface area contributed by atoms with E-state index in [0.29, 0.717) is 0 Å². The van der Waals surface area contributed by atoms with E-state index in [9.17, 15) is 4.79 Å². The van der Waals surface area contributed by atoms with E-state index >= 15 is 0 Å². The van der Waals surface area contributed by atoms with Crippen LogP contribution in [0, 0.1) is 0 Å². The minimum atomic E-state index is -1.25. The molecule has 4 nitrogen and oxygen atoms in total. The van der Waals surface area contributed by atoms with Crippen LogP contribution in [0.1, 0.15) is 0 Å². The van der Waals surface area contributed by atoms with E-state index in [-0.39, 0.29) is 21.0 Å². The number of nitrogens with one attached hydrogen (secondary N) is 1. The van der Waals surface area contributed by atoms with E-state index in [1.54, 1.807) is 0 Å². The van der Waals surface area contributed by atoms with Crippen molar-refractivity contribution in [3.63, 3.8) is 0 Å². The summed E-state index contributed by atoms with van der Waals surface area (Å²) in [5, 5.41) is 10.5. The molecule has 0 aliphatic rings. The van der Waals surface area contributed by atoms with Crippen LogP contribution < -0.4 is 5.32 Å². The standard InChI is InChI=1S/C6H3Cl3N2O2/c7-2-1-3(11-6(12)13)10-5(9)4(2)8/h1H,(H,10,11)(H,12,13). The Morgan fingerprint density at radius 2 is 2.08 bits per heavy atom. The highest BCUT2D eigenvalue weighted by Crippen LogP contribution is 2.30. The summed E-state index contributed by atoms with van der Waals surface area (Å²) in [4.78, 5) is 13.8. The molecule has 0 bridgehead atoms. The van der Waals surface area contributed by atoms with Crippen LogP contribution in [0.25, 0.3) is 0 Å². The van der Waals surface area contributed by atoms with E-state index < -0.39 is 6.09 Å². The molecule has 1 rings (SSSR count). The number of carboxylic acid groups (broad SMARTS) is 1. The summed E-state index contributed by atoms with van der Waals surface area (Å²) < 4.78 is 0. The van der Waals surface area contributed by atoms with Gasteiger partial charge in [0.2, 0.25) is 0 Å². The zero-order valence-corrected chi connectivity index (χ0v) is 8.28. The minimum Gasteiger partial charge on any atom is -0.465 e. The van der Waals surface area contributed by atoms with Crippen molar-refractivity contribution in [2.24, 2.45) is 0 Å². The lowest BCUT2D eigenvalue weighted by Crippen LogP contribution is -2.08. The summed E-state index contributed by atoms with van der Waals surface area (Å²) in [6, 6.07) is 1.27. The Morgan fingerprint density at radius 1 is 1.46 bits per heavy atom. The van der Waals surface area contributed by atoms with Crippen LogP contribution in [0.3, 0.4) is 0 Å². The largest absolute Gasteiger partial charge is 0.465 e. The average Bonchev–Trinajstić information content (AvgIpc) is 1.98. The third kappa shape index (κ3) is 2.62. The molecule has 1 amide bonds. The second kappa shape index (κ2) is 4.00. The number of aromatic nitrogens is 1. The lowest BCUT2D eigenvalue weighted by molar-refractivity contribution is 0.209. The summed E-state index contributed by atoms with van der Waals surface area (Å²) in [7, 11) is 0. The van der Waals surface area contributed by atoms with Gasteiger partial charge in [-0.25, -0.2) is 9.78 Å². The molecule has 0 saturated carbocycles. The highest BCUT2D eigenvalue weighted by Gasteiger charge is 2.08. The Kier molecular flexibility index (Phi) is 3.19. The zero-order chi connectivity index (χ0) is 10.0. The number of halogens is 3. The van der Waals surface area contributed by atoms with Gasteiger partial charge in [-0.3, -0.25) is 5.32 Å². The quantitative estimate of drug-likeness (QED) is 0.743. The molecule has 0 fully saturated rings. The van der Waals surface area contributed by atoms with Gasteiger partial charge in [-0.2, -0.15) is 0 Å². The number of anilines is 1. The van der Waals surface area contributed by atoms with Gasteiger partial charge in [0.1, 0.15) is 5.82 Å². The van der Waals surface area contributed by atoms with Crippen molar-refractivity contribution in [2.45, 2.75) is 0 Å². The van der Waals surface area contributed by atoms with Gasteiger partial charge in [-0.1, -0.05) is 34.8 Å². The van der Waals surface area contributed by atoms with E-state index in [1.807, 2.05) is 5.32 Å². The van der Waals surface area contributed by atoms with Gasteiger partial charge in [0.05, 0.1) is 10.0 Å². The fraction of sp³-hybridized carbons (Fsp3) is 0. The predicted octanol–water partition coefficient (Wildman–Crippen LogP) is 3.13. The number of carbonyl (C=O) groups is 1. The Bertz CT molecular complexity index is 333. The van der Waals surface area contributed by atoms with Crippen LogP contribution in [0.15, 0.2) is 6.07 Å². The maximum Gasteiger partial charge on any atom is 0.410 e. The van der Waals surface area contributed by atoms with E-state index in [2.05, 4.69) is 4.98 Å². The number of hydrogen-bond acceptors (Lipinski definition) is 2. The molecular formula is C6H3Cl3N2O2.